The van der Waals surface area contributed by atoms with Crippen molar-refractivity contribution in [2.24, 2.45) is 0 Å². The van der Waals surface area contributed by atoms with Crippen LogP contribution in [0.15, 0.2) is 24.3 Å². The summed E-state index contributed by atoms with van der Waals surface area (Å²) in [7, 11) is 0. The molecule has 0 radical (unpaired) electrons. The Morgan fingerprint density at radius 1 is 1.19 bits per heavy atom. The number of nitrogens with one attached hydrogen (secondary N) is 1. The summed E-state index contributed by atoms with van der Waals surface area (Å²) in [5.41, 5.74) is -0.508. The number of ether oxygens (including phenoxy) is 1. The van der Waals surface area contributed by atoms with Gasteiger partial charge in [0.15, 0.2) is 6.61 Å². The van der Waals surface area contributed by atoms with Gasteiger partial charge in [0.25, 0.3) is 5.91 Å². The topological polar surface area (TPSA) is 58.6 Å². The van der Waals surface area contributed by atoms with Gasteiger partial charge in [0.2, 0.25) is 0 Å². The number of rotatable bonds is 6. The highest BCUT2D eigenvalue weighted by molar-refractivity contribution is 5.78. The van der Waals surface area contributed by atoms with Crippen molar-refractivity contribution in [1.82, 2.24) is 5.32 Å². The van der Waals surface area contributed by atoms with Gasteiger partial charge in [-0.15, -0.1) is 0 Å². The second-order valence-corrected chi connectivity index (χ2v) is 6.74. The third kappa shape index (κ3) is 5.05. The van der Waals surface area contributed by atoms with E-state index in [0.29, 0.717) is 11.7 Å². The van der Waals surface area contributed by atoms with Gasteiger partial charge in [-0.05, 0) is 51.3 Å². The maximum absolute atomic E-state index is 11.9. The van der Waals surface area contributed by atoms with Crippen molar-refractivity contribution in [3.63, 3.8) is 0 Å². The summed E-state index contributed by atoms with van der Waals surface area (Å²) >= 11 is 0. The molecular formula is C17H27NO3. The highest BCUT2D eigenvalue weighted by Crippen LogP contribution is 2.21. The predicted molar refractivity (Wildman–Crippen MR) is 84.5 cm³/mol. The minimum Gasteiger partial charge on any atom is -0.484 e. The molecule has 1 aromatic carbocycles. The van der Waals surface area contributed by atoms with Crippen LogP contribution in [-0.4, -0.2) is 28.8 Å². The van der Waals surface area contributed by atoms with E-state index >= 15 is 0 Å². The number of benzene rings is 1. The first-order valence-electron chi connectivity index (χ1n) is 7.29. The summed E-state index contributed by atoms with van der Waals surface area (Å²) in [5, 5.41) is 12.8. The number of carbonyl (C=O) groups excluding carboxylic acids is 1. The molecule has 1 amide bonds. The minimum atomic E-state index is -1.01. The van der Waals surface area contributed by atoms with Gasteiger partial charge in [-0.2, -0.15) is 0 Å². The molecule has 0 saturated heterocycles. The third-order valence-electron chi connectivity index (χ3n) is 3.90. The molecule has 0 heterocycles. The first-order chi connectivity index (χ1) is 9.53. The van der Waals surface area contributed by atoms with Crippen molar-refractivity contribution in [3.8, 4) is 5.75 Å². The van der Waals surface area contributed by atoms with Crippen LogP contribution in [0.3, 0.4) is 0 Å². The molecule has 21 heavy (non-hydrogen) atoms. The normalized spacial score (nSPS) is 12.4. The van der Waals surface area contributed by atoms with Crippen LogP contribution in [0.5, 0.6) is 5.75 Å². The smallest absolute Gasteiger partial charge is 0.258 e. The van der Waals surface area contributed by atoms with Crippen LogP contribution in [0.1, 0.15) is 53.0 Å². The van der Waals surface area contributed by atoms with Gasteiger partial charge in [-0.25, -0.2) is 0 Å². The summed E-state index contributed by atoms with van der Waals surface area (Å²) in [4.78, 5) is 11.9. The molecule has 0 aromatic heterocycles. The fourth-order valence-corrected chi connectivity index (χ4v) is 1.64. The van der Waals surface area contributed by atoms with E-state index in [1.54, 1.807) is 27.7 Å². The highest BCUT2D eigenvalue weighted by Gasteiger charge is 2.36. The van der Waals surface area contributed by atoms with Gasteiger partial charge in [0.1, 0.15) is 5.75 Å². The van der Waals surface area contributed by atoms with Crippen molar-refractivity contribution in [2.45, 2.75) is 58.6 Å². The second-order valence-electron chi connectivity index (χ2n) is 6.74. The van der Waals surface area contributed by atoms with Crippen molar-refractivity contribution in [2.75, 3.05) is 6.61 Å². The Morgan fingerprint density at radius 3 is 2.14 bits per heavy atom. The van der Waals surface area contributed by atoms with E-state index in [1.807, 2.05) is 24.3 Å². The molecule has 0 aliphatic carbocycles. The molecule has 118 valence electrons. The lowest BCUT2D eigenvalue weighted by atomic mass is 9.86. The van der Waals surface area contributed by atoms with Gasteiger partial charge in [0.05, 0.1) is 11.1 Å². The summed E-state index contributed by atoms with van der Waals surface area (Å²) in [6, 6.07) is 7.73. The lowest BCUT2D eigenvalue weighted by molar-refractivity contribution is -0.128. The number of hydrogen-bond acceptors (Lipinski definition) is 3. The summed E-state index contributed by atoms with van der Waals surface area (Å²) in [6.07, 6.45) is 0. The van der Waals surface area contributed by atoms with Crippen LogP contribution >= 0.6 is 0 Å². The average Bonchev–Trinajstić information content (AvgIpc) is 2.35. The molecule has 4 nitrogen and oxygen atoms in total. The summed E-state index contributed by atoms with van der Waals surface area (Å²) in [6.45, 7) is 11.1. The number of hydrogen-bond donors (Lipinski definition) is 2. The van der Waals surface area contributed by atoms with Crippen molar-refractivity contribution >= 4 is 5.91 Å². The molecule has 2 N–H and O–H groups in total. The van der Waals surface area contributed by atoms with E-state index in [-0.39, 0.29) is 12.5 Å². The molecule has 0 spiro atoms. The van der Waals surface area contributed by atoms with E-state index in [9.17, 15) is 9.90 Å². The first kappa shape index (κ1) is 17.5. The van der Waals surface area contributed by atoms with Crippen LogP contribution in [-0.2, 0) is 4.79 Å². The van der Waals surface area contributed by atoms with Crippen LogP contribution in [0.4, 0.5) is 0 Å². The Balaban J connectivity index is 2.54. The van der Waals surface area contributed by atoms with Crippen LogP contribution in [0, 0.1) is 0 Å². The van der Waals surface area contributed by atoms with Gasteiger partial charge < -0.3 is 15.2 Å². The number of carbonyl (C=O) groups is 1. The quantitative estimate of drug-likeness (QED) is 0.848. The number of aliphatic hydroxyl groups is 1. The zero-order chi connectivity index (χ0) is 16.3. The predicted octanol–water partition coefficient (Wildman–Crippen LogP) is 2.85. The summed E-state index contributed by atoms with van der Waals surface area (Å²) in [5.74, 6) is 0.876. The fraction of sp³-hybridized carbons (Fsp3) is 0.588. The average molecular weight is 293 g/mol. The van der Waals surface area contributed by atoms with Gasteiger partial charge >= 0.3 is 0 Å². The molecule has 0 bridgehead atoms. The highest BCUT2D eigenvalue weighted by atomic mass is 16.5. The first-order valence-corrected chi connectivity index (χ1v) is 7.29. The minimum absolute atomic E-state index is 0.0689. The lowest BCUT2D eigenvalue weighted by Gasteiger charge is -2.37. The summed E-state index contributed by atoms with van der Waals surface area (Å²) < 4.78 is 5.47. The molecule has 0 aliphatic rings. The lowest BCUT2D eigenvalue weighted by Crippen LogP contribution is -2.58. The fourth-order valence-electron chi connectivity index (χ4n) is 1.64. The maximum Gasteiger partial charge on any atom is 0.258 e. The third-order valence-corrected chi connectivity index (χ3v) is 3.90. The molecule has 0 atom stereocenters. The van der Waals surface area contributed by atoms with E-state index in [0.717, 1.165) is 0 Å². The Labute approximate surface area is 127 Å². The molecule has 1 rings (SSSR count). The van der Waals surface area contributed by atoms with E-state index < -0.39 is 11.1 Å². The van der Waals surface area contributed by atoms with Crippen LogP contribution < -0.4 is 10.1 Å². The van der Waals surface area contributed by atoms with Gasteiger partial charge in [-0.3, -0.25) is 4.79 Å². The van der Waals surface area contributed by atoms with Gasteiger partial charge in [0, 0.05) is 0 Å². The van der Waals surface area contributed by atoms with Crippen molar-refractivity contribution < 1.29 is 14.6 Å². The van der Waals surface area contributed by atoms with E-state index in [2.05, 4.69) is 19.2 Å². The Kier molecular flexibility index (Phi) is 5.40. The second kappa shape index (κ2) is 6.48. The monoisotopic (exact) mass is 293 g/mol. The standard InChI is InChI=1S/C17H27NO3/c1-12(2)13-7-9-14(10-8-13)21-11-15(19)18-16(3,4)17(5,6)20/h7-10,12,20H,11H2,1-6H3,(H,18,19). The number of amides is 1. The molecule has 0 aliphatic heterocycles. The largest absolute Gasteiger partial charge is 0.484 e. The van der Waals surface area contributed by atoms with E-state index in [1.165, 1.54) is 5.56 Å². The Hall–Kier alpha value is -1.55. The van der Waals surface area contributed by atoms with Crippen molar-refractivity contribution in [3.05, 3.63) is 29.8 Å². The molecule has 0 saturated carbocycles. The molecule has 4 heteroatoms. The molecule has 1 aromatic rings. The van der Waals surface area contributed by atoms with Crippen LogP contribution in [0.2, 0.25) is 0 Å². The van der Waals surface area contributed by atoms with Crippen LogP contribution in [0.25, 0.3) is 0 Å². The molecule has 0 fully saturated rings. The zero-order valence-electron chi connectivity index (χ0n) is 13.9. The Morgan fingerprint density at radius 2 is 1.71 bits per heavy atom. The molecule has 0 unspecified atom stereocenters. The van der Waals surface area contributed by atoms with E-state index in [4.69, 9.17) is 4.74 Å². The maximum atomic E-state index is 11.9. The van der Waals surface area contributed by atoms with Gasteiger partial charge in [-0.1, -0.05) is 26.0 Å². The van der Waals surface area contributed by atoms with Crippen molar-refractivity contribution in [1.29, 1.82) is 0 Å². The zero-order valence-corrected chi connectivity index (χ0v) is 13.9. The Bertz CT molecular complexity index is 470. The molecular weight excluding hydrogens is 266 g/mol. The SMILES string of the molecule is CC(C)c1ccc(OCC(=O)NC(C)(C)C(C)(C)O)cc1.